The molecule has 1 aromatic carbocycles. The first-order valence-electron chi connectivity index (χ1n) is 6.55. The molecule has 23 heavy (non-hydrogen) atoms. The zero-order valence-corrected chi connectivity index (χ0v) is 12.6. The molecule has 0 radical (unpaired) electrons. The van der Waals surface area contributed by atoms with Gasteiger partial charge < -0.3 is 19.5 Å². The third-order valence-electron chi connectivity index (χ3n) is 2.76. The molecule has 0 fully saturated rings. The molecule has 0 bridgehead atoms. The van der Waals surface area contributed by atoms with E-state index in [1.165, 1.54) is 32.4 Å². The molecular formula is C14H17F4NO4. The Balaban J connectivity index is 2.91. The summed E-state index contributed by atoms with van der Waals surface area (Å²) in [6.07, 6.45) is -3.86. The minimum atomic E-state index is -4.32. The highest BCUT2D eigenvalue weighted by Gasteiger charge is 2.42. The van der Waals surface area contributed by atoms with Crippen LogP contribution in [0.5, 0.6) is 11.5 Å². The van der Waals surface area contributed by atoms with Gasteiger partial charge in [-0.1, -0.05) is 0 Å². The first-order valence-corrected chi connectivity index (χ1v) is 6.55. The van der Waals surface area contributed by atoms with Gasteiger partial charge in [0.1, 0.15) is 11.5 Å². The lowest BCUT2D eigenvalue weighted by atomic mass is 10.1. The molecule has 0 aliphatic carbocycles. The maximum absolute atomic E-state index is 12.9. The van der Waals surface area contributed by atoms with Crippen molar-refractivity contribution in [1.29, 1.82) is 0 Å². The van der Waals surface area contributed by atoms with Gasteiger partial charge in [0.2, 0.25) is 0 Å². The van der Waals surface area contributed by atoms with Crippen LogP contribution in [0.3, 0.4) is 0 Å². The van der Waals surface area contributed by atoms with Crippen molar-refractivity contribution in [2.75, 3.05) is 34.0 Å². The normalized spacial score (nSPS) is 11.4. The molecule has 0 saturated heterocycles. The van der Waals surface area contributed by atoms with Gasteiger partial charge in [-0.3, -0.25) is 4.79 Å². The van der Waals surface area contributed by atoms with Gasteiger partial charge >= 0.3 is 12.3 Å². The number of carbonyl (C=O) groups is 1. The number of alkyl halides is 4. The van der Waals surface area contributed by atoms with Gasteiger partial charge in [0, 0.05) is 13.7 Å². The number of benzene rings is 1. The predicted octanol–water partition coefficient (Wildman–Crippen LogP) is 2.35. The maximum atomic E-state index is 12.9. The number of carbonyl (C=O) groups excluding carboxylic acids is 1. The molecule has 9 heteroatoms. The van der Waals surface area contributed by atoms with Gasteiger partial charge in [-0.2, -0.15) is 8.78 Å². The highest BCUT2D eigenvalue weighted by atomic mass is 19.3. The fourth-order valence-electron chi connectivity index (χ4n) is 1.54. The van der Waals surface area contributed by atoms with Crippen LogP contribution < -0.4 is 14.8 Å². The summed E-state index contributed by atoms with van der Waals surface area (Å²) in [7, 11) is 2.80. The van der Waals surface area contributed by atoms with Gasteiger partial charge in [0.15, 0.2) is 6.61 Å². The minimum Gasteiger partial charge on any atom is -0.497 e. The lowest BCUT2D eigenvalue weighted by Crippen LogP contribution is -2.34. The van der Waals surface area contributed by atoms with Crippen LogP contribution in [0.4, 0.5) is 17.6 Å². The second-order valence-corrected chi connectivity index (χ2v) is 4.46. The van der Waals surface area contributed by atoms with E-state index in [4.69, 9.17) is 14.2 Å². The zero-order chi connectivity index (χ0) is 17.5. The third kappa shape index (κ3) is 5.59. The summed E-state index contributed by atoms with van der Waals surface area (Å²) < 4.78 is 64.6. The first-order chi connectivity index (χ1) is 10.8. The van der Waals surface area contributed by atoms with Crippen molar-refractivity contribution >= 4 is 5.91 Å². The summed E-state index contributed by atoms with van der Waals surface area (Å²) >= 11 is 0. The van der Waals surface area contributed by atoms with Crippen LogP contribution >= 0.6 is 0 Å². The van der Waals surface area contributed by atoms with E-state index >= 15 is 0 Å². The minimum absolute atomic E-state index is 0.106. The fourth-order valence-corrected chi connectivity index (χ4v) is 1.54. The Morgan fingerprint density at radius 3 is 2.57 bits per heavy atom. The zero-order valence-electron chi connectivity index (χ0n) is 12.6. The molecule has 1 rings (SSSR count). The Labute approximate surface area is 130 Å². The van der Waals surface area contributed by atoms with Gasteiger partial charge in [-0.05, 0) is 18.2 Å². The van der Waals surface area contributed by atoms with Crippen molar-refractivity contribution in [2.45, 2.75) is 12.3 Å². The Morgan fingerprint density at radius 1 is 1.30 bits per heavy atom. The highest BCUT2D eigenvalue weighted by Crippen LogP contribution is 2.28. The molecule has 0 saturated carbocycles. The van der Waals surface area contributed by atoms with E-state index in [1.54, 1.807) is 0 Å². The number of halogens is 4. The summed E-state index contributed by atoms with van der Waals surface area (Å²) in [5, 5.41) is 2.48. The molecule has 1 aromatic rings. The van der Waals surface area contributed by atoms with Gasteiger partial charge in [0.25, 0.3) is 5.91 Å². The molecule has 0 spiro atoms. The number of nitrogens with one attached hydrogen (secondary N) is 1. The first kappa shape index (κ1) is 19.0. The summed E-state index contributed by atoms with van der Waals surface area (Å²) in [4.78, 5) is 12.0. The standard InChI is InChI=1S/C14H17F4NO4/c1-21-6-5-19-12(20)10-7-9(22-2)3-4-11(10)23-8-14(17,18)13(15)16/h3-4,7,13H,5-6,8H2,1-2H3,(H,19,20). The van der Waals surface area contributed by atoms with Crippen molar-refractivity contribution in [3.8, 4) is 11.5 Å². The topological polar surface area (TPSA) is 56.8 Å². The molecule has 0 aliphatic rings. The third-order valence-corrected chi connectivity index (χ3v) is 2.76. The number of hydrogen-bond donors (Lipinski definition) is 1. The largest absolute Gasteiger partial charge is 0.497 e. The molecule has 0 aromatic heterocycles. The maximum Gasteiger partial charge on any atom is 0.340 e. The molecule has 0 heterocycles. The molecule has 0 unspecified atom stereocenters. The van der Waals surface area contributed by atoms with E-state index in [0.29, 0.717) is 0 Å². The number of rotatable bonds is 9. The van der Waals surface area contributed by atoms with Crippen LogP contribution in [-0.4, -0.2) is 52.2 Å². The molecule has 1 N–H and O–H groups in total. The number of ether oxygens (including phenoxy) is 3. The molecule has 0 atom stereocenters. The van der Waals surface area contributed by atoms with Crippen molar-refractivity contribution in [3.63, 3.8) is 0 Å². The lowest BCUT2D eigenvalue weighted by molar-refractivity contribution is -0.148. The van der Waals surface area contributed by atoms with Crippen LogP contribution in [0.25, 0.3) is 0 Å². The molecular weight excluding hydrogens is 322 g/mol. The van der Waals surface area contributed by atoms with Gasteiger partial charge in [0.05, 0.1) is 19.3 Å². The van der Waals surface area contributed by atoms with Crippen LogP contribution in [0.15, 0.2) is 18.2 Å². The van der Waals surface area contributed by atoms with E-state index in [-0.39, 0.29) is 30.2 Å². The summed E-state index contributed by atoms with van der Waals surface area (Å²) in [5.74, 6) is -4.91. The second kappa shape index (κ2) is 8.56. The second-order valence-electron chi connectivity index (χ2n) is 4.46. The Kier molecular flexibility index (Phi) is 7.08. The van der Waals surface area contributed by atoms with E-state index in [0.717, 1.165) is 0 Å². The molecule has 130 valence electrons. The molecule has 0 aliphatic heterocycles. The lowest BCUT2D eigenvalue weighted by Gasteiger charge is -2.18. The summed E-state index contributed by atoms with van der Waals surface area (Å²) in [5.41, 5.74) is -0.106. The van der Waals surface area contributed by atoms with E-state index < -0.39 is 24.9 Å². The van der Waals surface area contributed by atoms with E-state index in [1.807, 2.05) is 0 Å². The van der Waals surface area contributed by atoms with Crippen molar-refractivity contribution in [2.24, 2.45) is 0 Å². The van der Waals surface area contributed by atoms with Crippen LogP contribution in [0.2, 0.25) is 0 Å². The summed E-state index contributed by atoms with van der Waals surface area (Å²) in [6.45, 7) is -1.12. The average molecular weight is 339 g/mol. The van der Waals surface area contributed by atoms with Crippen LogP contribution in [0.1, 0.15) is 10.4 Å². The fraction of sp³-hybridized carbons (Fsp3) is 0.500. The van der Waals surface area contributed by atoms with E-state index in [2.05, 4.69) is 5.32 Å². The predicted molar refractivity (Wildman–Crippen MR) is 73.6 cm³/mol. The number of methoxy groups -OCH3 is 2. The summed E-state index contributed by atoms with van der Waals surface area (Å²) in [6, 6.07) is 3.82. The molecule has 5 nitrogen and oxygen atoms in total. The van der Waals surface area contributed by atoms with Crippen LogP contribution in [0, 0.1) is 0 Å². The smallest absolute Gasteiger partial charge is 0.340 e. The Hall–Kier alpha value is -2.03. The SMILES string of the molecule is COCCNC(=O)c1cc(OC)ccc1OCC(F)(F)C(F)F. The van der Waals surface area contributed by atoms with Crippen molar-refractivity contribution in [1.82, 2.24) is 5.32 Å². The number of amides is 1. The van der Waals surface area contributed by atoms with Crippen molar-refractivity contribution < 1.29 is 36.6 Å². The molecule has 1 amide bonds. The van der Waals surface area contributed by atoms with Crippen LogP contribution in [-0.2, 0) is 4.74 Å². The number of hydrogen-bond acceptors (Lipinski definition) is 4. The monoisotopic (exact) mass is 339 g/mol. The average Bonchev–Trinajstić information content (AvgIpc) is 2.52. The van der Waals surface area contributed by atoms with Gasteiger partial charge in [-0.15, -0.1) is 0 Å². The Morgan fingerprint density at radius 2 is 2.00 bits per heavy atom. The quantitative estimate of drug-likeness (QED) is 0.554. The van der Waals surface area contributed by atoms with Crippen molar-refractivity contribution in [3.05, 3.63) is 23.8 Å². The highest BCUT2D eigenvalue weighted by molar-refractivity contribution is 5.97. The Bertz CT molecular complexity index is 525. The van der Waals surface area contributed by atoms with E-state index in [9.17, 15) is 22.4 Å². The van der Waals surface area contributed by atoms with Gasteiger partial charge in [-0.25, -0.2) is 8.78 Å².